The van der Waals surface area contributed by atoms with Crippen molar-refractivity contribution in [1.82, 2.24) is 4.98 Å². The van der Waals surface area contributed by atoms with Gasteiger partial charge in [-0.05, 0) is 43.3 Å². The lowest BCUT2D eigenvalue weighted by Gasteiger charge is -2.08. The van der Waals surface area contributed by atoms with Crippen LogP contribution in [0.25, 0.3) is 0 Å². The van der Waals surface area contributed by atoms with Crippen LogP contribution in [0.3, 0.4) is 0 Å². The van der Waals surface area contributed by atoms with E-state index < -0.39 is 15.7 Å². The highest BCUT2D eigenvalue weighted by molar-refractivity contribution is 7.92. The number of nitrogens with one attached hydrogen (secondary N) is 1. The van der Waals surface area contributed by atoms with Gasteiger partial charge in [-0.1, -0.05) is 0 Å². The molecule has 0 fully saturated rings. The van der Waals surface area contributed by atoms with Gasteiger partial charge in [-0.25, -0.2) is 13.8 Å². The van der Waals surface area contributed by atoms with Gasteiger partial charge in [0.2, 0.25) is 0 Å². The van der Waals surface area contributed by atoms with Gasteiger partial charge in [0.05, 0.1) is 22.5 Å². The van der Waals surface area contributed by atoms with Crippen molar-refractivity contribution < 1.29 is 13.7 Å². The molecule has 5 nitrogen and oxygen atoms in total. The number of aryl methyl sites for hydroxylation is 1. The van der Waals surface area contributed by atoms with Gasteiger partial charge in [0.25, 0.3) is 0 Å². The van der Waals surface area contributed by atoms with E-state index >= 15 is 0 Å². The van der Waals surface area contributed by atoms with Crippen LogP contribution < -0.4 is 0 Å². The molecule has 0 aliphatic rings. The summed E-state index contributed by atoms with van der Waals surface area (Å²) in [7, 11) is -1.83. The van der Waals surface area contributed by atoms with Crippen molar-refractivity contribution in [2.45, 2.75) is 16.7 Å². The summed E-state index contributed by atoms with van der Waals surface area (Å²) < 4.78 is 25.2. The number of pyridine rings is 1. The van der Waals surface area contributed by atoms with E-state index in [9.17, 15) is 9.00 Å². The fourth-order valence-corrected chi connectivity index (χ4v) is 2.91. The van der Waals surface area contributed by atoms with Gasteiger partial charge in [-0.15, -0.1) is 0 Å². The number of methoxy groups -OCH3 is 1. The SMILES string of the molecule is COC(=O)c1ccc(S(=N)(=O)c2ccc(C)nc2)cc1. The number of hydrogen-bond donors (Lipinski definition) is 1. The third kappa shape index (κ3) is 2.70. The lowest BCUT2D eigenvalue weighted by atomic mass is 10.2. The molecule has 0 amide bonds. The molecule has 6 heteroatoms. The van der Waals surface area contributed by atoms with Gasteiger partial charge >= 0.3 is 5.97 Å². The smallest absolute Gasteiger partial charge is 0.337 e. The Morgan fingerprint density at radius 1 is 1.15 bits per heavy atom. The summed E-state index contributed by atoms with van der Waals surface area (Å²) in [5.41, 5.74) is 1.15. The second-order valence-corrected chi connectivity index (χ2v) is 6.26. The molecule has 2 aromatic rings. The summed E-state index contributed by atoms with van der Waals surface area (Å²) in [5, 5.41) is 0. The van der Waals surface area contributed by atoms with Crippen LogP contribution in [0, 0.1) is 11.7 Å². The number of carbonyl (C=O) groups excluding carboxylic acids is 1. The Hall–Kier alpha value is -2.21. The van der Waals surface area contributed by atoms with Crippen LogP contribution >= 0.6 is 0 Å². The lowest BCUT2D eigenvalue weighted by molar-refractivity contribution is 0.0600. The summed E-state index contributed by atoms with van der Waals surface area (Å²) in [6.45, 7) is 1.82. The maximum Gasteiger partial charge on any atom is 0.337 e. The molecule has 104 valence electrons. The molecule has 1 heterocycles. The maximum atomic E-state index is 12.6. The van der Waals surface area contributed by atoms with Crippen LogP contribution in [0.5, 0.6) is 0 Å². The van der Waals surface area contributed by atoms with Crippen molar-refractivity contribution >= 4 is 15.7 Å². The number of hydrogen-bond acceptors (Lipinski definition) is 5. The lowest BCUT2D eigenvalue weighted by Crippen LogP contribution is -2.04. The van der Waals surface area contributed by atoms with E-state index in [2.05, 4.69) is 9.72 Å². The quantitative estimate of drug-likeness (QED) is 0.881. The van der Waals surface area contributed by atoms with Crippen LogP contribution in [0.2, 0.25) is 0 Å². The number of rotatable bonds is 3. The summed E-state index contributed by atoms with van der Waals surface area (Å²) >= 11 is 0. The largest absolute Gasteiger partial charge is 0.465 e. The predicted octanol–water partition coefficient (Wildman–Crippen LogP) is 2.64. The van der Waals surface area contributed by atoms with Crippen molar-refractivity contribution in [1.29, 1.82) is 4.78 Å². The highest BCUT2D eigenvalue weighted by Crippen LogP contribution is 2.21. The van der Waals surface area contributed by atoms with Gasteiger partial charge in [-0.3, -0.25) is 4.98 Å². The third-order valence-corrected chi connectivity index (χ3v) is 4.66. The average molecular weight is 290 g/mol. The zero-order valence-corrected chi connectivity index (χ0v) is 11.9. The normalized spacial score (nSPS) is 13.5. The fourth-order valence-electron chi connectivity index (χ4n) is 1.66. The number of ether oxygens (including phenoxy) is 1. The topological polar surface area (TPSA) is 80.1 Å². The minimum Gasteiger partial charge on any atom is -0.465 e. The van der Waals surface area contributed by atoms with Crippen molar-refractivity contribution in [3.8, 4) is 0 Å². The van der Waals surface area contributed by atoms with Crippen LogP contribution in [0.1, 0.15) is 16.1 Å². The molecule has 0 radical (unpaired) electrons. The highest BCUT2D eigenvalue weighted by atomic mass is 32.2. The van der Waals surface area contributed by atoms with E-state index in [0.29, 0.717) is 15.4 Å². The number of aromatic nitrogens is 1. The Kier molecular flexibility index (Phi) is 3.85. The molecule has 0 saturated carbocycles. The van der Waals surface area contributed by atoms with Gasteiger partial charge < -0.3 is 4.74 Å². The Balaban J connectivity index is 2.40. The molecule has 1 unspecified atom stereocenters. The summed E-state index contributed by atoms with van der Waals surface area (Å²) in [4.78, 5) is 16.1. The van der Waals surface area contributed by atoms with Crippen LogP contribution in [0.4, 0.5) is 0 Å². The first-order chi connectivity index (χ1) is 9.45. The van der Waals surface area contributed by atoms with E-state index in [4.69, 9.17) is 4.78 Å². The predicted molar refractivity (Wildman–Crippen MR) is 74.1 cm³/mol. The molecule has 0 spiro atoms. The summed E-state index contributed by atoms with van der Waals surface area (Å²) in [5.74, 6) is -0.468. The van der Waals surface area contributed by atoms with E-state index in [1.807, 2.05) is 6.92 Å². The third-order valence-electron chi connectivity index (χ3n) is 2.82. The minimum atomic E-state index is -3.12. The molecule has 1 aromatic carbocycles. The van der Waals surface area contributed by atoms with E-state index in [0.717, 1.165) is 5.69 Å². The first-order valence-corrected chi connectivity index (χ1v) is 7.41. The standard InChI is InChI=1S/C14H14N2O3S/c1-10-3-6-13(9-16-10)20(15,18)12-7-4-11(5-8-12)14(17)19-2/h3-9,15H,1-2H3. The molecule has 2 rings (SSSR count). The molecule has 1 atom stereocenters. The zero-order valence-electron chi connectivity index (χ0n) is 11.1. The molecule has 20 heavy (non-hydrogen) atoms. The summed E-state index contributed by atoms with van der Waals surface area (Å²) in [6, 6.07) is 9.34. The number of carbonyl (C=O) groups is 1. The molecule has 0 saturated heterocycles. The van der Waals surface area contributed by atoms with E-state index in [-0.39, 0.29) is 0 Å². The zero-order chi connectivity index (χ0) is 14.8. The van der Waals surface area contributed by atoms with Crippen LogP contribution in [0.15, 0.2) is 52.4 Å². The first kappa shape index (κ1) is 14.2. The second-order valence-electron chi connectivity index (χ2n) is 4.21. The van der Waals surface area contributed by atoms with Crippen LogP contribution in [-0.2, 0) is 14.5 Å². The maximum absolute atomic E-state index is 12.6. The molecule has 0 aliphatic heterocycles. The molecule has 0 aliphatic carbocycles. The fraction of sp³-hybridized carbons (Fsp3) is 0.143. The number of benzene rings is 1. The molecular weight excluding hydrogens is 276 g/mol. The Morgan fingerprint density at radius 2 is 1.75 bits per heavy atom. The Bertz CT molecular complexity index is 720. The molecule has 0 bridgehead atoms. The number of esters is 1. The van der Waals surface area contributed by atoms with Crippen molar-refractivity contribution in [2.24, 2.45) is 0 Å². The van der Waals surface area contributed by atoms with E-state index in [1.165, 1.54) is 37.6 Å². The second kappa shape index (κ2) is 5.42. The highest BCUT2D eigenvalue weighted by Gasteiger charge is 2.15. The average Bonchev–Trinajstić information content (AvgIpc) is 2.47. The molecule has 1 N–H and O–H groups in total. The van der Waals surface area contributed by atoms with Gasteiger partial charge in [0.1, 0.15) is 9.73 Å². The molecule has 1 aromatic heterocycles. The molecular formula is C14H14N2O3S. The van der Waals surface area contributed by atoms with Gasteiger partial charge in [-0.2, -0.15) is 0 Å². The van der Waals surface area contributed by atoms with Gasteiger partial charge in [0, 0.05) is 11.9 Å². The van der Waals surface area contributed by atoms with Crippen molar-refractivity contribution in [3.63, 3.8) is 0 Å². The van der Waals surface area contributed by atoms with Crippen LogP contribution in [-0.4, -0.2) is 22.3 Å². The van der Waals surface area contributed by atoms with Gasteiger partial charge in [0.15, 0.2) is 0 Å². The van der Waals surface area contributed by atoms with Crippen molar-refractivity contribution in [3.05, 3.63) is 53.9 Å². The number of nitrogens with zero attached hydrogens (tertiary/aromatic N) is 1. The Labute approximate surface area is 117 Å². The Morgan fingerprint density at radius 3 is 2.25 bits per heavy atom. The van der Waals surface area contributed by atoms with Crippen molar-refractivity contribution in [2.75, 3.05) is 7.11 Å². The van der Waals surface area contributed by atoms with E-state index in [1.54, 1.807) is 12.1 Å². The first-order valence-electron chi connectivity index (χ1n) is 5.85. The monoisotopic (exact) mass is 290 g/mol. The minimum absolute atomic E-state index is 0.329. The summed E-state index contributed by atoms with van der Waals surface area (Å²) in [6.07, 6.45) is 1.44.